The molecule has 15 heavy (non-hydrogen) atoms. The van der Waals surface area contributed by atoms with E-state index < -0.39 is 0 Å². The summed E-state index contributed by atoms with van der Waals surface area (Å²) in [5.41, 5.74) is 1.31. The molecule has 1 atom stereocenters. The number of rotatable bonds is 8. The molecular weight excluding hydrogens is 180 g/mol. The van der Waals surface area contributed by atoms with Gasteiger partial charge in [0.25, 0.3) is 0 Å². The molecule has 0 aliphatic heterocycles. The monoisotopic (exact) mass is 208 g/mol. The standard InChI is InChI=1S/C15H28/c1-6-14(4)10-8-12-15(5)11-7-9-13(2)3/h6,10,13,15H,1,7-9,11-12H2,2-5H3. The second kappa shape index (κ2) is 8.76. The van der Waals surface area contributed by atoms with Crippen molar-refractivity contribution in [3.63, 3.8) is 0 Å². The van der Waals surface area contributed by atoms with Gasteiger partial charge in [0.05, 0.1) is 0 Å². The Balaban J connectivity index is 3.49. The van der Waals surface area contributed by atoms with Crippen LogP contribution in [0.15, 0.2) is 24.3 Å². The van der Waals surface area contributed by atoms with E-state index in [1.165, 1.54) is 37.7 Å². The zero-order chi connectivity index (χ0) is 11.7. The van der Waals surface area contributed by atoms with Crippen LogP contribution < -0.4 is 0 Å². The van der Waals surface area contributed by atoms with E-state index >= 15 is 0 Å². The number of hydrogen-bond acceptors (Lipinski definition) is 0. The van der Waals surface area contributed by atoms with Gasteiger partial charge in [-0.3, -0.25) is 0 Å². The normalized spacial score (nSPS) is 14.3. The highest BCUT2D eigenvalue weighted by atomic mass is 14.1. The lowest BCUT2D eigenvalue weighted by Crippen LogP contribution is -1.96. The van der Waals surface area contributed by atoms with Crippen molar-refractivity contribution >= 4 is 0 Å². The summed E-state index contributed by atoms with van der Waals surface area (Å²) in [6.07, 6.45) is 10.9. The van der Waals surface area contributed by atoms with Crippen LogP contribution in [0.2, 0.25) is 0 Å². The Morgan fingerprint density at radius 2 is 1.80 bits per heavy atom. The molecular formula is C15H28. The molecule has 0 radical (unpaired) electrons. The number of hydrogen-bond donors (Lipinski definition) is 0. The van der Waals surface area contributed by atoms with E-state index in [4.69, 9.17) is 0 Å². The fourth-order valence-corrected chi connectivity index (χ4v) is 1.70. The van der Waals surface area contributed by atoms with E-state index in [1.54, 1.807) is 0 Å². The van der Waals surface area contributed by atoms with E-state index in [2.05, 4.69) is 40.3 Å². The van der Waals surface area contributed by atoms with Crippen molar-refractivity contribution in [1.29, 1.82) is 0 Å². The van der Waals surface area contributed by atoms with Crippen LogP contribution in [0.3, 0.4) is 0 Å². The molecule has 0 N–H and O–H groups in total. The molecule has 0 aliphatic rings. The van der Waals surface area contributed by atoms with E-state index in [1.807, 2.05) is 6.08 Å². The summed E-state index contributed by atoms with van der Waals surface area (Å²) < 4.78 is 0. The molecule has 0 aliphatic carbocycles. The second-order valence-corrected chi connectivity index (χ2v) is 5.16. The minimum Gasteiger partial charge on any atom is -0.0988 e. The van der Waals surface area contributed by atoms with Crippen LogP contribution >= 0.6 is 0 Å². The minimum absolute atomic E-state index is 0.861. The summed E-state index contributed by atoms with van der Waals surface area (Å²) in [5, 5.41) is 0. The summed E-state index contributed by atoms with van der Waals surface area (Å²) in [6, 6.07) is 0. The highest BCUT2D eigenvalue weighted by molar-refractivity contribution is 5.12. The Labute approximate surface area is 96.5 Å². The van der Waals surface area contributed by atoms with Crippen LogP contribution in [0.4, 0.5) is 0 Å². The minimum atomic E-state index is 0.861. The Hall–Kier alpha value is -0.520. The maximum Gasteiger partial charge on any atom is -0.0342 e. The van der Waals surface area contributed by atoms with Gasteiger partial charge in [-0.2, -0.15) is 0 Å². The Morgan fingerprint density at radius 1 is 1.13 bits per heavy atom. The highest BCUT2D eigenvalue weighted by Crippen LogP contribution is 2.17. The van der Waals surface area contributed by atoms with E-state index in [0.717, 1.165) is 11.8 Å². The molecule has 0 rings (SSSR count). The van der Waals surface area contributed by atoms with Gasteiger partial charge in [0.1, 0.15) is 0 Å². The maximum atomic E-state index is 3.76. The van der Waals surface area contributed by atoms with Crippen LogP contribution in [0, 0.1) is 11.8 Å². The van der Waals surface area contributed by atoms with Crippen molar-refractivity contribution in [1.82, 2.24) is 0 Å². The molecule has 0 aromatic rings. The third-order valence-corrected chi connectivity index (χ3v) is 2.93. The van der Waals surface area contributed by atoms with Gasteiger partial charge < -0.3 is 0 Å². The zero-order valence-corrected chi connectivity index (χ0v) is 11.1. The van der Waals surface area contributed by atoms with Crippen LogP contribution in [-0.4, -0.2) is 0 Å². The summed E-state index contributed by atoms with van der Waals surface area (Å²) in [6.45, 7) is 12.9. The lowest BCUT2D eigenvalue weighted by atomic mass is 9.96. The first-order valence-corrected chi connectivity index (χ1v) is 6.35. The molecule has 1 unspecified atom stereocenters. The third kappa shape index (κ3) is 9.78. The van der Waals surface area contributed by atoms with Gasteiger partial charge in [-0.05, 0) is 31.6 Å². The van der Waals surface area contributed by atoms with Gasteiger partial charge in [-0.25, -0.2) is 0 Å². The largest absolute Gasteiger partial charge is 0.0988 e. The third-order valence-electron chi connectivity index (χ3n) is 2.93. The topological polar surface area (TPSA) is 0 Å². The Morgan fingerprint density at radius 3 is 2.33 bits per heavy atom. The fourth-order valence-electron chi connectivity index (χ4n) is 1.70. The second-order valence-electron chi connectivity index (χ2n) is 5.16. The molecule has 0 nitrogen and oxygen atoms in total. The SMILES string of the molecule is C=CC(C)=CCCC(C)CCCC(C)C. The molecule has 0 aromatic carbocycles. The van der Waals surface area contributed by atoms with Crippen LogP contribution in [0.1, 0.15) is 59.8 Å². The van der Waals surface area contributed by atoms with Crippen LogP contribution in [-0.2, 0) is 0 Å². The van der Waals surface area contributed by atoms with Crippen LogP contribution in [0.5, 0.6) is 0 Å². The Bertz CT molecular complexity index is 186. The van der Waals surface area contributed by atoms with E-state index in [-0.39, 0.29) is 0 Å². The van der Waals surface area contributed by atoms with Crippen molar-refractivity contribution in [3.05, 3.63) is 24.3 Å². The first-order valence-electron chi connectivity index (χ1n) is 6.35. The lowest BCUT2D eigenvalue weighted by Gasteiger charge is -2.10. The average molecular weight is 208 g/mol. The molecule has 0 heterocycles. The summed E-state index contributed by atoms with van der Waals surface area (Å²) >= 11 is 0. The van der Waals surface area contributed by atoms with Crippen molar-refractivity contribution < 1.29 is 0 Å². The molecule has 0 bridgehead atoms. The summed E-state index contributed by atoms with van der Waals surface area (Å²) in [4.78, 5) is 0. The molecule has 0 spiro atoms. The molecule has 0 aromatic heterocycles. The smallest absolute Gasteiger partial charge is 0.0342 e. The van der Waals surface area contributed by atoms with Gasteiger partial charge >= 0.3 is 0 Å². The van der Waals surface area contributed by atoms with Gasteiger partial charge in [0, 0.05) is 0 Å². The van der Waals surface area contributed by atoms with Crippen molar-refractivity contribution in [3.8, 4) is 0 Å². The van der Waals surface area contributed by atoms with Crippen LogP contribution in [0.25, 0.3) is 0 Å². The predicted molar refractivity (Wildman–Crippen MR) is 71.0 cm³/mol. The lowest BCUT2D eigenvalue weighted by molar-refractivity contribution is 0.439. The molecule has 0 heteroatoms. The van der Waals surface area contributed by atoms with Crippen molar-refractivity contribution in [2.75, 3.05) is 0 Å². The van der Waals surface area contributed by atoms with Crippen molar-refractivity contribution in [2.45, 2.75) is 59.8 Å². The molecule has 0 saturated carbocycles. The molecule has 0 amide bonds. The Kier molecular flexibility index (Phi) is 8.46. The van der Waals surface area contributed by atoms with Gasteiger partial charge in [0.15, 0.2) is 0 Å². The van der Waals surface area contributed by atoms with E-state index in [0.29, 0.717) is 0 Å². The first-order chi connectivity index (χ1) is 7.06. The van der Waals surface area contributed by atoms with Crippen molar-refractivity contribution in [2.24, 2.45) is 11.8 Å². The zero-order valence-electron chi connectivity index (χ0n) is 11.1. The number of allylic oxidation sites excluding steroid dienone is 3. The van der Waals surface area contributed by atoms with Gasteiger partial charge in [-0.1, -0.05) is 64.3 Å². The van der Waals surface area contributed by atoms with Gasteiger partial charge in [0.2, 0.25) is 0 Å². The molecule has 88 valence electrons. The fraction of sp³-hybridized carbons (Fsp3) is 0.733. The quantitative estimate of drug-likeness (QED) is 0.471. The highest BCUT2D eigenvalue weighted by Gasteiger charge is 2.01. The molecule has 0 fully saturated rings. The predicted octanol–water partition coefficient (Wildman–Crippen LogP) is 5.36. The first kappa shape index (κ1) is 14.5. The summed E-state index contributed by atoms with van der Waals surface area (Å²) in [7, 11) is 0. The average Bonchev–Trinajstić information content (AvgIpc) is 2.17. The molecule has 0 saturated heterocycles. The van der Waals surface area contributed by atoms with Gasteiger partial charge in [-0.15, -0.1) is 0 Å². The summed E-state index contributed by atoms with van der Waals surface area (Å²) in [5.74, 6) is 1.73. The maximum absolute atomic E-state index is 3.76. The van der Waals surface area contributed by atoms with E-state index in [9.17, 15) is 0 Å².